The Balaban J connectivity index is 2.67. The van der Waals surface area contributed by atoms with Crippen LogP contribution in [0.1, 0.15) is 5.56 Å². The molecule has 0 saturated heterocycles. The van der Waals surface area contributed by atoms with Gasteiger partial charge in [-0.1, -0.05) is 12.1 Å². The van der Waals surface area contributed by atoms with Crippen LogP contribution in [0.3, 0.4) is 0 Å². The molecule has 1 aromatic carbocycles. The lowest BCUT2D eigenvalue weighted by atomic mass is 10.1. The molecule has 0 heterocycles. The maximum Gasteiger partial charge on any atom is 0.349 e. The maximum atomic E-state index is 11.9. The molecule has 25 heavy (non-hydrogen) atoms. The zero-order valence-corrected chi connectivity index (χ0v) is 14.2. The molecule has 0 spiro atoms. The number of hydrogen-bond acceptors (Lipinski definition) is 6. The van der Waals surface area contributed by atoms with Gasteiger partial charge >= 0.3 is 5.97 Å². The summed E-state index contributed by atoms with van der Waals surface area (Å²) in [6.07, 6.45) is 1.35. The van der Waals surface area contributed by atoms with Gasteiger partial charge in [-0.3, -0.25) is 9.59 Å². The van der Waals surface area contributed by atoms with Gasteiger partial charge in [-0.2, -0.15) is 5.26 Å². The molecule has 0 fully saturated rings. The Labute approximate surface area is 145 Å². The first kappa shape index (κ1) is 19.7. The van der Waals surface area contributed by atoms with Gasteiger partial charge in [0.2, 0.25) is 5.91 Å². The highest BCUT2D eigenvalue weighted by molar-refractivity contribution is 5.99. The Kier molecular flexibility index (Phi) is 7.66. The highest BCUT2D eigenvalue weighted by atomic mass is 16.5. The number of hydrogen-bond donors (Lipinski definition) is 1. The fraction of sp³-hybridized carbons (Fsp3) is 0.294. The van der Waals surface area contributed by atoms with Crippen molar-refractivity contribution in [3.63, 3.8) is 0 Å². The van der Waals surface area contributed by atoms with Crippen molar-refractivity contribution in [3.05, 3.63) is 35.4 Å². The van der Waals surface area contributed by atoms with Crippen LogP contribution in [0.15, 0.2) is 29.8 Å². The van der Waals surface area contributed by atoms with Crippen molar-refractivity contribution in [2.24, 2.45) is 0 Å². The molecular weight excluding hydrogens is 326 g/mol. The fourth-order valence-corrected chi connectivity index (χ4v) is 1.70. The number of esters is 1. The van der Waals surface area contributed by atoms with Crippen LogP contribution >= 0.6 is 0 Å². The number of nitriles is 1. The summed E-state index contributed by atoms with van der Waals surface area (Å²) < 4.78 is 9.86. The number of nitrogens with zero attached hydrogens (tertiary/aromatic N) is 2. The minimum atomic E-state index is -0.917. The highest BCUT2D eigenvalue weighted by Gasteiger charge is 2.17. The second-order valence-electron chi connectivity index (χ2n) is 4.94. The molecule has 1 rings (SSSR count). The van der Waals surface area contributed by atoms with Crippen molar-refractivity contribution in [1.29, 1.82) is 5.26 Å². The first-order valence-corrected chi connectivity index (χ1v) is 7.28. The molecule has 2 amide bonds. The monoisotopic (exact) mass is 345 g/mol. The van der Waals surface area contributed by atoms with E-state index >= 15 is 0 Å². The topological polar surface area (TPSA) is 109 Å². The van der Waals surface area contributed by atoms with Crippen molar-refractivity contribution < 1.29 is 23.9 Å². The van der Waals surface area contributed by atoms with E-state index in [-0.39, 0.29) is 18.0 Å². The lowest BCUT2D eigenvalue weighted by Crippen LogP contribution is -2.39. The summed E-state index contributed by atoms with van der Waals surface area (Å²) in [6.45, 7) is -0.715. The maximum absolute atomic E-state index is 11.9. The molecular formula is C17H19N3O5. The fourth-order valence-electron chi connectivity index (χ4n) is 1.70. The second kappa shape index (κ2) is 9.72. The summed E-state index contributed by atoms with van der Waals surface area (Å²) in [6, 6.07) is 8.45. The van der Waals surface area contributed by atoms with Gasteiger partial charge in [-0.15, -0.1) is 0 Å². The number of ether oxygens (including phenoxy) is 2. The molecule has 0 aromatic heterocycles. The van der Waals surface area contributed by atoms with Crippen LogP contribution in [0.5, 0.6) is 5.75 Å². The van der Waals surface area contributed by atoms with Crippen LogP contribution in [-0.4, -0.2) is 57.0 Å². The van der Waals surface area contributed by atoms with Crippen molar-refractivity contribution in [1.82, 2.24) is 10.2 Å². The molecule has 132 valence electrons. The molecule has 1 aromatic rings. The minimum absolute atomic E-state index is 0.153. The number of amides is 2. The van der Waals surface area contributed by atoms with E-state index in [1.807, 2.05) is 0 Å². The van der Waals surface area contributed by atoms with Crippen LogP contribution < -0.4 is 10.1 Å². The molecule has 0 aliphatic rings. The van der Waals surface area contributed by atoms with E-state index in [1.165, 1.54) is 27.3 Å². The lowest BCUT2D eigenvalue weighted by Gasteiger charge is -2.15. The van der Waals surface area contributed by atoms with E-state index in [0.29, 0.717) is 11.3 Å². The standard InChI is InChI=1S/C17H19N3O5/c1-19-15(21)10-20(2)16(22)11-25-17(23)13(9-18)8-12-4-6-14(24-3)7-5-12/h4-8H,10-11H2,1-3H3,(H,19,21)/b13-8+. The Hall–Kier alpha value is -3.34. The van der Waals surface area contributed by atoms with Gasteiger partial charge in [-0.05, 0) is 23.8 Å². The predicted molar refractivity (Wildman–Crippen MR) is 89.2 cm³/mol. The van der Waals surface area contributed by atoms with Gasteiger partial charge in [0.05, 0.1) is 13.7 Å². The Morgan fingerprint density at radius 3 is 2.44 bits per heavy atom. The number of carbonyl (C=O) groups is 3. The van der Waals surface area contributed by atoms with Gasteiger partial charge in [0.15, 0.2) is 6.61 Å². The van der Waals surface area contributed by atoms with Crippen LogP contribution in [0.2, 0.25) is 0 Å². The van der Waals surface area contributed by atoms with Crippen LogP contribution in [-0.2, 0) is 19.1 Å². The van der Waals surface area contributed by atoms with Crippen molar-refractivity contribution in [3.8, 4) is 11.8 Å². The summed E-state index contributed by atoms with van der Waals surface area (Å²) in [4.78, 5) is 36.0. The third-order valence-electron chi connectivity index (χ3n) is 3.18. The van der Waals surface area contributed by atoms with Crippen LogP contribution in [0.4, 0.5) is 0 Å². The highest BCUT2D eigenvalue weighted by Crippen LogP contribution is 2.14. The summed E-state index contributed by atoms with van der Waals surface area (Å²) in [5.41, 5.74) is 0.365. The number of nitrogens with one attached hydrogen (secondary N) is 1. The van der Waals surface area contributed by atoms with Crippen molar-refractivity contribution in [2.45, 2.75) is 0 Å². The Morgan fingerprint density at radius 1 is 1.28 bits per heavy atom. The molecule has 8 nitrogen and oxygen atoms in total. The SMILES string of the molecule is CNC(=O)CN(C)C(=O)COC(=O)/C(C#N)=C/c1ccc(OC)cc1. The van der Waals surface area contributed by atoms with Gasteiger partial charge < -0.3 is 19.7 Å². The summed E-state index contributed by atoms with van der Waals surface area (Å²) in [7, 11) is 4.38. The van der Waals surface area contributed by atoms with Crippen LogP contribution in [0, 0.1) is 11.3 Å². The summed E-state index contributed by atoms with van der Waals surface area (Å²) >= 11 is 0. The van der Waals surface area contributed by atoms with Crippen molar-refractivity contribution >= 4 is 23.9 Å². The third kappa shape index (κ3) is 6.35. The molecule has 0 aliphatic heterocycles. The molecule has 1 N–H and O–H groups in total. The average molecular weight is 345 g/mol. The van der Waals surface area contributed by atoms with Gasteiger partial charge in [0.25, 0.3) is 5.91 Å². The molecule has 0 aliphatic carbocycles. The number of carbonyl (C=O) groups excluding carboxylic acids is 3. The summed E-state index contributed by atoms with van der Waals surface area (Å²) in [5, 5.41) is 11.5. The molecule has 0 unspecified atom stereocenters. The largest absolute Gasteiger partial charge is 0.497 e. The zero-order valence-electron chi connectivity index (χ0n) is 14.2. The van der Waals surface area contributed by atoms with E-state index < -0.39 is 18.5 Å². The third-order valence-corrected chi connectivity index (χ3v) is 3.18. The predicted octanol–water partition coefficient (Wildman–Crippen LogP) is 0.350. The van der Waals surface area contributed by atoms with E-state index in [9.17, 15) is 14.4 Å². The first-order valence-electron chi connectivity index (χ1n) is 7.28. The normalized spacial score (nSPS) is 10.4. The van der Waals surface area contributed by atoms with Gasteiger partial charge in [-0.25, -0.2) is 4.79 Å². The van der Waals surface area contributed by atoms with Crippen LogP contribution in [0.25, 0.3) is 6.08 Å². The van der Waals surface area contributed by atoms with E-state index in [0.717, 1.165) is 4.90 Å². The van der Waals surface area contributed by atoms with E-state index in [4.69, 9.17) is 14.7 Å². The number of benzene rings is 1. The molecule has 0 radical (unpaired) electrons. The second-order valence-corrected chi connectivity index (χ2v) is 4.94. The van der Waals surface area contributed by atoms with E-state index in [2.05, 4.69) is 5.32 Å². The van der Waals surface area contributed by atoms with Gasteiger partial charge in [0, 0.05) is 14.1 Å². The van der Waals surface area contributed by atoms with Crippen molar-refractivity contribution in [2.75, 3.05) is 34.4 Å². The molecule has 8 heteroatoms. The quantitative estimate of drug-likeness (QED) is 0.434. The average Bonchev–Trinajstić information content (AvgIpc) is 2.63. The molecule has 0 bridgehead atoms. The molecule has 0 atom stereocenters. The molecule has 0 saturated carbocycles. The van der Waals surface area contributed by atoms with Gasteiger partial charge in [0.1, 0.15) is 17.4 Å². The number of likely N-dealkylation sites (N-methyl/N-ethyl adjacent to an activating group) is 2. The Morgan fingerprint density at radius 2 is 1.92 bits per heavy atom. The number of methoxy groups -OCH3 is 1. The van der Waals surface area contributed by atoms with E-state index in [1.54, 1.807) is 30.3 Å². The smallest absolute Gasteiger partial charge is 0.349 e. The minimum Gasteiger partial charge on any atom is -0.497 e. The summed E-state index contributed by atoms with van der Waals surface area (Å²) in [5.74, 6) is -1.18. The number of rotatable bonds is 7. The Bertz CT molecular complexity index is 704. The lowest BCUT2D eigenvalue weighted by molar-refractivity contribution is -0.148. The first-order chi connectivity index (χ1) is 11.9. The zero-order chi connectivity index (χ0) is 18.8.